The maximum atomic E-state index is 13.7. The number of hydrogen-bond acceptors (Lipinski definition) is 2. The van der Waals surface area contributed by atoms with E-state index >= 15 is 0 Å². The van der Waals surface area contributed by atoms with E-state index in [0.717, 1.165) is 0 Å². The molecule has 0 atom stereocenters. The van der Waals surface area contributed by atoms with Crippen LogP contribution in [0, 0.1) is 11.6 Å². The van der Waals surface area contributed by atoms with Gasteiger partial charge in [0.25, 0.3) is 0 Å². The van der Waals surface area contributed by atoms with Crippen molar-refractivity contribution in [2.75, 3.05) is 5.73 Å². The first-order valence-corrected chi connectivity index (χ1v) is 5.83. The number of aromatic nitrogens is 2. The van der Waals surface area contributed by atoms with E-state index in [9.17, 15) is 8.78 Å². The highest BCUT2D eigenvalue weighted by atomic mass is 35.5. The van der Waals surface area contributed by atoms with Gasteiger partial charge in [-0.05, 0) is 24.3 Å². The average Bonchev–Trinajstić information content (AvgIpc) is 2.72. The molecule has 0 aliphatic heterocycles. The molecule has 0 saturated heterocycles. The third-order valence-electron chi connectivity index (χ3n) is 2.78. The quantitative estimate of drug-likeness (QED) is 0.667. The molecule has 19 heavy (non-hydrogen) atoms. The van der Waals surface area contributed by atoms with Gasteiger partial charge >= 0.3 is 0 Å². The lowest BCUT2D eigenvalue weighted by molar-refractivity contribution is 0.588. The molecule has 1 heterocycles. The number of anilines is 1. The van der Waals surface area contributed by atoms with Gasteiger partial charge < -0.3 is 10.7 Å². The Hall–Kier alpha value is -2.14. The first-order valence-electron chi connectivity index (χ1n) is 5.45. The van der Waals surface area contributed by atoms with Crippen LogP contribution >= 0.6 is 11.6 Å². The van der Waals surface area contributed by atoms with E-state index in [1.807, 2.05) is 0 Å². The molecule has 0 aliphatic carbocycles. The van der Waals surface area contributed by atoms with Gasteiger partial charge in [-0.2, -0.15) is 0 Å². The highest BCUT2D eigenvalue weighted by Crippen LogP contribution is 2.29. The van der Waals surface area contributed by atoms with Crippen LogP contribution in [0.5, 0.6) is 0 Å². The Balaban J connectivity index is 2.30. The Kier molecular flexibility index (Phi) is 2.64. The summed E-state index contributed by atoms with van der Waals surface area (Å²) in [6.07, 6.45) is 0. The lowest BCUT2D eigenvalue weighted by Crippen LogP contribution is -1.91. The minimum absolute atomic E-state index is 0.0829. The Morgan fingerprint density at radius 3 is 2.53 bits per heavy atom. The third-order valence-corrected chi connectivity index (χ3v) is 3.00. The summed E-state index contributed by atoms with van der Waals surface area (Å²) < 4.78 is 27.4. The van der Waals surface area contributed by atoms with Crippen LogP contribution in [0.25, 0.3) is 22.4 Å². The van der Waals surface area contributed by atoms with Crippen LogP contribution in [0.4, 0.5) is 14.5 Å². The number of halogens is 3. The van der Waals surface area contributed by atoms with Gasteiger partial charge in [-0.1, -0.05) is 17.7 Å². The van der Waals surface area contributed by atoms with Gasteiger partial charge in [0, 0.05) is 5.02 Å². The summed E-state index contributed by atoms with van der Waals surface area (Å²) >= 11 is 5.87. The molecule has 0 unspecified atom stereocenters. The van der Waals surface area contributed by atoms with E-state index in [2.05, 4.69) is 9.97 Å². The van der Waals surface area contributed by atoms with Gasteiger partial charge in [0.05, 0.1) is 16.8 Å². The average molecular weight is 280 g/mol. The molecule has 3 N–H and O–H groups in total. The van der Waals surface area contributed by atoms with Crippen molar-refractivity contribution in [3.8, 4) is 11.4 Å². The fourth-order valence-corrected chi connectivity index (χ4v) is 2.18. The topological polar surface area (TPSA) is 54.7 Å². The lowest BCUT2D eigenvalue weighted by atomic mass is 10.2. The minimum Gasteiger partial charge on any atom is -0.397 e. The molecule has 0 fully saturated rings. The van der Waals surface area contributed by atoms with E-state index in [1.54, 1.807) is 6.07 Å². The third kappa shape index (κ3) is 1.92. The molecule has 3 rings (SSSR count). The molecule has 3 nitrogen and oxygen atoms in total. The number of nitrogens with zero attached hydrogens (tertiary/aromatic N) is 1. The highest BCUT2D eigenvalue weighted by molar-refractivity contribution is 6.31. The van der Waals surface area contributed by atoms with Crippen molar-refractivity contribution in [1.82, 2.24) is 9.97 Å². The predicted molar refractivity (Wildman–Crippen MR) is 70.9 cm³/mol. The molecule has 0 radical (unpaired) electrons. The first kappa shape index (κ1) is 11.9. The van der Waals surface area contributed by atoms with Crippen molar-refractivity contribution in [2.24, 2.45) is 0 Å². The van der Waals surface area contributed by atoms with E-state index in [4.69, 9.17) is 17.3 Å². The number of nitrogen functional groups attached to an aromatic ring is 1. The van der Waals surface area contributed by atoms with Crippen LogP contribution in [-0.2, 0) is 0 Å². The van der Waals surface area contributed by atoms with Crippen molar-refractivity contribution >= 4 is 28.3 Å². The monoisotopic (exact) mass is 279 g/mol. The van der Waals surface area contributed by atoms with Crippen molar-refractivity contribution in [3.05, 3.63) is 47.0 Å². The van der Waals surface area contributed by atoms with Gasteiger partial charge in [0.15, 0.2) is 0 Å². The Bertz CT molecular complexity index is 763. The van der Waals surface area contributed by atoms with Gasteiger partial charge in [-0.15, -0.1) is 0 Å². The van der Waals surface area contributed by atoms with Gasteiger partial charge in [0.1, 0.15) is 23.0 Å². The van der Waals surface area contributed by atoms with Crippen LogP contribution < -0.4 is 5.73 Å². The number of fused-ring (bicyclic) bond motifs is 1. The second kappa shape index (κ2) is 4.20. The van der Waals surface area contributed by atoms with E-state index in [0.29, 0.717) is 21.7 Å². The fourth-order valence-electron chi connectivity index (χ4n) is 1.95. The number of H-pyrrole nitrogens is 1. The SMILES string of the molecule is Nc1cc(Cl)cc2[nH]c(-c3c(F)cccc3F)nc12. The van der Waals surface area contributed by atoms with Crippen molar-refractivity contribution in [1.29, 1.82) is 0 Å². The molecule has 0 bridgehead atoms. The highest BCUT2D eigenvalue weighted by Gasteiger charge is 2.16. The molecule has 0 amide bonds. The standard InChI is InChI=1S/C13H8ClF2N3/c14-6-4-9(17)12-10(5-6)18-13(19-12)11-7(15)2-1-3-8(11)16/h1-5H,17H2,(H,18,19). The van der Waals surface area contributed by atoms with Crippen LogP contribution in [0.1, 0.15) is 0 Å². The number of imidazole rings is 1. The zero-order valence-corrected chi connectivity index (χ0v) is 10.3. The van der Waals surface area contributed by atoms with Crippen molar-refractivity contribution in [3.63, 3.8) is 0 Å². The summed E-state index contributed by atoms with van der Waals surface area (Å²) in [6.45, 7) is 0. The zero-order chi connectivity index (χ0) is 13.6. The van der Waals surface area contributed by atoms with E-state index in [1.165, 1.54) is 24.3 Å². The molecule has 0 spiro atoms. The smallest absolute Gasteiger partial charge is 0.144 e. The predicted octanol–water partition coefficient (Wildman–Crippen LogP) is 3.74. The van der Waals surface area contributed by atoms with Gasteiger partial charge in [-0.25, -0.2) is 13.8 Å². The second-order valence-electron chi connectivity index (χ2n) is 4.07. The molecule has 6 heteroatoms. The van der Waals surface area contributed by atoms with Crippen LogP contribution in [-0.4, -0.2) is 9.97 Å². The molecule has 96 valence electrons. The lowest BCUT2D eigenvalue weighted by Gasteiger charge is -2.00. The van der Waals surface area contributed by atoms with Gasteiger partial charge in [0.2, 0.25) is 0 Å². The number of rotatable bonds is 1. The molecular weight excluding hydrogens is 272 g/mol. The molecule has 0 aliphatic rings. The van der Waals surface area contributed by atoms with Crippen LogP contribution in [0.2, 0.25) is 5.02 Å². The normalized spacial score (nSPS) is 11.1. The molecule has 3 aromatic rings. The Labute approximate surface area is 112 Å². The maximum absolute atomic E-state index is 13.7. The van der Waals surface area contributed by atoms with Crippen molar-refractivity contribution < 1.29 is 8.78 Å². The maximum Gasteiger partial charge on any atom is 0.144 e. The number of aromatic amines is 1. The summed E-state index contributed by atoms with van der Waals surface area (Å²) in [4.78, 5) is 6.95. The number of nitrogens with two attached hydrogens (primary N) is 1. The minimum atomic E-state index is -0.691. The second-order valence-corrected chi connectivity index (χ2v) is 4.51. The number of hydrogen-bond donors (Lipinski definition) is 2. The molecule has 1 aromatic heterocycles. The summed E-state index contributed by atoms with van der Waals surface area (Å²) in [5, 5.41) is 0.425. The van der Waals surface area contributed by atoms with Gasteiger partial charge in [-0.3, -0.25) is 0 Å². The summed E-state index contributed by atoms with van der Waals surface area (Å²) in [6, 6.07) is 6.76. The van der Waals surface area contributed by atoms with Crippen LogP contribution in [0.15, 0.2) is 30.3 Å². The number of nitrogens with one attached hydrogen (secondary N) is 1. The largest absolute Gasteiger partial charge is 0.397 e. The summed E-state index contributed by atoms with van der Waals surface area (Å²) in [5.41, 5.74) is 6.87. The number of benzene rings is 2. The molecule has 0 saturated carbocycles. The molecule has 2 aromatic carbocycles. The summed E-state index contributed by atoms with van der Waals surface area (Å²) in [7, 11) is 0. The summed E-state index contributed by atoms with van der Waals surface area (Å²) in [5.74, 6) is -1.30. The Morgan fingerprint density at radius 1 is 1.16 bits per heavy atom. The van der Waals surface area contributed by atoms with Crippen LogP contribution in [0.3, 0.4) is 0 Å². The zero-order valence-electron chi connectivity index (χ0n) is 9.55. The van der Waals surface area contributed by atoms with E-state index in [-0.39, 0.29) is 11.4 Å². The van der Waals surface area contributed by atoms with Crippen molar-refractivity contribution in [2.45, 2.75) is 0 Å². The van der Waals surface area contributed by atoms with E-state index < -0.39 is 11.6 Å². The fraction of sp³-hybridized carbons (Fsp3) is 0. The first-order chi connectivity index (χ1) is 9.06. The molecular formula is C13H8ClF2N3. The Morgan fingerprint density at radius 2 is 1.84 bits per heavy atom.